The maximum atomic E-state index is 11.7. The van der Waals surface area contributed by atoms with E-state index in [2.05, 4.69) is 37.1 Å². The number of aliphatic hydroxyl groups excluding tert-OH is 3. The number of hydrogen-bond acceptors (Lipinski definition) is 7. The molecule has 0 heterocycles. The average molecular weight is 545 g/mol. The summed E-state index contributed by atoms with van der Waals surface area (Å²) in [4.78, 5) is 0. The normalized spacial score (nSPS) is 48.6. The summed E-state index contributed by atoms with van der Waals surface area (Å²) in [6.45, 7) is 10.4. The SMILES string of the molecule is C[C@H](/C=C/[C@@H](C)[C@H]1C[C@H](O)[C@@H]2[C@@H]3C[C@@H](O)[C@@]4(O)C[C@@H](O)CC[C@]4(C)[C@H]3CC[C@@]21C)[C@H](C)COS(=O)(=O)O. The predicted molar refractivity (Wildman–Crippen MR) is 140 cm³/mol. The third-order valence-corrected chi connectivity index (χ3v) is 12.1. The van der Waals surface area contributed by atoms with Gasteiger partial charge in [-0.15, -0.1) is 0 Å². The first-order chi connectivity index (χ1) is 17.0. The summed E-state index contributed by atoms with van der Waals surface area (Å²) >= 11 is 0. The average Bonchev–Trinajstić information content (AvgIpc) is 3.08. The van der Waals surface area contributed by atoms with Crippen LogP contribution >= 0.6 is 0 Å². The Bertz CT molecular complexity index is 969. The number of hydrogen-bond donors (Lipinski definition) is 5. The summed E-state index contributed by atoms with van der Waals surface area (Å²) in [5.41, 5.74) is -1.85. The second-order valence-corrected chi connectivity index (χ2v) is 14.6. The quantitative estimate of drug-likeness (QED) is 0.242. The molecule has 0 aromatic heterocycles. The molecule has 4 saturated carbocycles. The van der Waals surface area contributed by atoms with Gasteiger partial charge in [-0.3, -0.25) is 4.55 Å². The molecule has 0 aromatic rings. The number of aliphatic hydroxyl groups is 4. The Morgan fingerprint density at radius 3 is 2.35 bits per heavy atom. The monoisotopic (exact) mass is 544 g/mol. The van der Waals surface area contributed by atoms with Crippen molar-refractivity contribution in [3.05, 3.63) is 12.2 Å². The zero-order valence-corrected chi connectivity index (χ0v) is 23.8. The lowest BCUT2D eigenvalue weighted by Crippen LogP contribution is -2.69. The molecule has 4 aliphatic carbocycles. The van der Waals surface area contributed by atoms with Crippen LogP contribution in [0.3, 0.4) is 0 Å². The van der Waals surface area contributed by atoms with Crippen molar-refractivity contribution >= 4 is 10.4 Å². The smallest absolute Gasteiger partial charge is 0.393 e. The van der Waals surface area contributed by atoms with Gasteiger partial charge < -0.3 is 20.4 Å². The summed E-state index contributed by atoms with van der Waals surface area (Å²) in [6.07, 6.45) is 6.88. The lowest BCUT2D eigenvalue weighted by atomic mass is 9.42. The Morgan fingerprint density at radius 2 is 1.70 bits per heavy atom. The Balaban J connectivity index is 1.51. The van der Waals surface area contributed by atoms with E-state index in [0.29, 0.717) is 25.7 Å². The van der Waals surface area contributed by atoms with E-state index in [1.165, 1.54) is 0 Å². The van der Waals surface area contributed by atoms with E-state index in [-0.39, 0.29) is 59.9 Å². The van der Waals surface area contributed by atoms with Crippen molar-refractivity contribution in [2.24, 2.45) is 52.3 Å². The summed E-state index contributed by atoms with van der Waals surface area (Å²) in [7, 11) is -4.45. The molecule has 0 aliphatic heterocycles. The predicted octanol–water partition coefficient (Wildman–Crippen LogP) is 3.35. The standard InChI is InChI=1S/C28H48O8S/c1-16(18(3)15-36-37(33,34)35)6-7-17(2)22-13-23(30)25-20-12-24(31)28(32)14-19(29)8-11-27(28,5)21(20)9-10-26(22,25)4/h6-7,16-25,29-32H,8-15H2,1-5H3,(H,33,34,35)/b7-6+/t16-,17-,18-,19+,20-,21+,22-,23+,24-,25+,26-,27-,28+/m1/s1. The van der Waals surface area contributed by atoms with Crippen LogP contribution in [0.2, 0.25) is 0 Å². The van der Waals surface area contributed by atoms with Crippen molar-refractivity contribution in [2.45, 2.75) is 103 Å². The van der Waals surface area contributed by atoms with Crippen molar-refractivity contribution in [2.75, 3.05) is 6.61 Å². The summed E-state index contributed by atoms with van der Waals surface area (Å²) in [5, 5.41) is 44.6. The van der Waals surface area contributed by atoms with Gasteiger partial charge in [-0.25, -0.2) is 4.18 Å². The molecule has 4 rings (SSSR count). The zero-order chi connectivity index (χ0) is 27.6. The fourth-order valence-electron chi connectivity index (χ4n) is 9.21. The molecular formula is C28H48O8S. The minimum Gasteiger partial charge on any atom is -0.393 e. The van der Waals surface area contributed by atoms with Crippen LogP contribution < -0.4 is 0 Å². The fraction of sp³-hybridized carbons (Fsp3) is 0.929. The van der Waals surface area contributed by atoms with E-state index in [4.69, 9.17) is 4.55 Å². The van der Waals surface area contributed by atoms with Gasteiger partial charge in [0.15, 0.2) is 0 Å². The van der Waals surface area contributed by atoms with E-state index in [1.54, 1.807) is 0 Å². The van der Waals surface area contributed by atoms with Crippen LogP contribution in [0.1, 0.15) is 79.6 Å². The molecule has 0 radical (unpaired) electrons. The Morgan fingerprint density at radius 1 is 1.03 bits per heavy atom. The number of fused-ring (bicyclic) bond motifs is 5. The topological polar surface area (TPSA) is 145 Å². The van der Waals surface area contributed by atoms with Crippen LogP contribution in [0.5, 0.6) is 0 Å². The third-order valence-electron chi connectivity index (χ3n) is 11.6. The van der Waals surface area contributed by atoms with Gasteiger partial charge in [-0.2, -0.15) is 8.42 Å². The molecule has 0 unspecified atom stereocenters. The highest BCUT2D eigenvalue weighted by molar-refractivity contribution is 7.80. The molecular weight excluding hydrogens is 496 g/mol. The molecule has 37 heavy (non-hydrogen) atoms. The van der Waals surface area contributed by atoms with Crippen LogP contribution in [0.25, 0.3) is 0 Å². The third kappa shape index (κ3) is 5.07. The summed E-state index contributed by atoms with van der Waals surface area (Å²) in [5.74, 6) is 0.786. The highest BCUT2D eigenvalue weighted by Gasteiger charge is 2.68. The first-order valence-corrected chi connectivity index (χ1v) is 15.5. The van der Waals surface area contributed by atoms with Crippen molar-refractivity contribution in [3.63, 3.8) is 0 Å². The van der Waals surface area contributed by atoms with Crippen LogP contribution in [0.15, 0.2) is 12.2 Å². The van der Waals surface area contributed by atoms with Gasteiger partial charge in [-0.05, 0) is 85.4 Å². The summed E-state index contributed by atoms with van der Waals surface area (Å²) < 4.78 is 35.2. The van der Waals surface area contributed by atoms with E-state index < -0.39 is 39.7 Å². The highest BCUT2D eigenvalue weighted by Crippen LogP contribution is 2.69. The first-order valence-electron chi connectivity index (χ1n) is 14.1. The molecule has 4 fully saturated rings. The van der Waals surface area contributed by atoms with E-state index >= 15 is 0 Å². The zero-order valence-electron chi connectivity index (χ0n) is 23.0. The lowest BCUT2D eigenvalue weighted by Gasteiger charge is -2.65. The second kappa shape index (κ2) is 10.1. The molecule has 0 aromatic carbocycles. The van der Waals surface area contributed by atoms with E-state index in [0.717, 1.165) is 12.8 Å². The minimum absolute atomic E-state index is 0.0441. The first kappa shape index (κ1) is 29.4. The Hall–Kier alpha value is -0.550. The van der Waals surface area contributed by atoms with Gasteiger partial charge in [0.1, 0.15) is 0 Å². The molecule has 0 saturated heterocycles. The minimum atomic E-state index is -4.45. The maximum Gasteiger partial charge on any atom is 0.397 e. The number of rotatable bonds is 7. The molecule has 13 atom stereocenters. The van der Waals surface area contributed by atoms with Gasteiger partial charge in [0.25, 0.3) is 0 Å². The van der Waals surface area contributed by atoms with Gasteiger partial charge in [0.2, 0.25) is 0 Å². The molecule has 214 valence electrons. The van der Waals surface area contributed by atoms with Crippen molar-refractivity contribution in [1.82, 2.24) is 0 Å². The van der Waals surface area contributed by atoms with Crippen LogP contribution in [-0.4, -0.2) is 63.9 Å². The molecule has 8 nitrogen and oxygen atoms in total. The maximum absolute atomic E-state index is 11.7. The number of allylic oxidation sites excluding steroid dienone is 2. The van der Waals surface area contributed by atoms with E-state index in [1.807, 2.05) is 13.8 Å². The van der Waals surface area contributed by atoms with Gasteiger partial charge >= 0.3 is 10.4 Å². The Kier molecular flexibility index (Phi) is 8.06. The molecule has 4 aliphatic rings. The summed E-state index contributed by atoms with van der Waals surface area (Å²) in [6, 6.07) is 0. The highest BCUT2D eigenvalue weighted by atomic mass is 32.3. The van der Waals surface area contributed by atoms with Crippen molar-refractivity contribution in [3.8, 4) is 0 Å². The largest absolute Gasteiger partial charge is 0.397 e. The van der Waals surface area contributed by atoms with Gasteiger partial charge in [-0.1, -0.05) is 46.8 Å². The van der Waals surface area contributed by atoms with Crippen LogP contribution in [0.4, 0.5) is 0 Å². The van der Waals surface area contributed by atoms with Crippen LogP contribution in [0, 0.1) is 52.3 Å². The fourth-order valence-corrected chi connectivity index (χ4v) is 9.60. The molecule has 9 heteroatoms. The molecule has 0 spiro atoms. The second-order valence-electron chi connectivity index (χ2n) is 13.5. The van der Waals surface area contributed by atoms with Gasteiger partial charge in [0, 0.05) is 11.8 Å². The molecule has 5 N–H and O–H groups in total. The van der Waals surface area contributed by atoms with Gasteiger partial charge in [0.05, 0.1) is 30.5 Å². The van der Waals surface area contributed by atoms with Crippen LogP contribution in [-0.2, 0) is 14.6 Å². The lowest BCUT2D eigenvalue weighted by molar-refractivity contribution is -0.268. The van der Waals surface area contributed by atoms with Crippen molar-refractivity contribution in [1.29, 1.82) is 0 Å². The molecule has 0 bridgehead atoms. The van der Waals surface area contributed by atoms with Crippen molar-refractivity contribution < 1.29 is 37.6 Å². The molecule has 0 amide bonds. The van der Waals surface area contributed by atoms with E-state index in [9.17, 15) is 28.8 Å². The Labute approximate surface area is 222 Å².